The summed E-state index contributed by atoms with van der Waals surface area (Å²) in [5, 5.41) is 10.2. The van der Waals surface area contributed by atoms with Crippen LogP contribution in [0.5, 0.6) is 5.75 Å². The predicted molar refractivity (Wildman–Crippen MR) is 83.7 cm³/mol. The third-order valence-corrected chi connectivity index (χ3v) is 4.22. The maximum atomic E-state index is 10.2. The van der Waals surface area contributed by atoms with E-state index < -0.39 is 0 Å². The molecule has 0 heterocycles. The molecule has 0 aliphatic heterocycles. The van der Waals surface area contributed by atoms with Crippen LogP contribution in [0.1, 0.15) is 77.7 Å². The highest BCUT2D eigenvalue weighted by atomic mass is 16.3. The Hall–Kier alpha value is -0.980. The van der Waals surface area contributed by atoms with Gasteiger partial charge in [0.2, 0.25) is 0 Å². The number of unbranched alkanes of at least 4 members (excludes halogenated alkanes) is 4. The Morgan fingerprint density at radius 1 is 0.895 bits per heavy atom. The fourth-order valence-electron chi connectivity index (χ4n) is 2.91. The summed E-state index contributed by atoms with van der Waals surface area (Å²) in [7, 11) is 0. The minimum Gasteiger partial charge on any atom is -0.508 e. The Kier molecular flexibility index (Phi) is 6.97. The van der Waals surface area contributed by atoms with E-state index in [1.807, 2.05) is 18.2 Å². The molecule has 1 aromatic rings. The SMILES string of the molecule is CCCCCC(C)(CCCCC)c1ccccc1O. The zero-order valence-electron chi connectivity index (χ0n) is 12.9. The lowest BCUT2D eigenvalue weighted by molar-refractivity contribution is 0.349. The summed E-state index contributed by atoms with van der Waals surface area (Å²) in [5.41, 5.74) is 1.28. The van der Waals surface area contributed by atoms with Gasteiger partial charge in [-0.2, -0.15) is 0 Å². The van der Waals surface area contributed by atoms with Gasteiger partial charge in [0.15, 0.2) is 0 Å². The number of phenols is 1. The maximum Gasteiger partial charge on any atom is 0.119 e. The summed E-state index contributed by atoms with van der Waals surface area (Å²) in [4.78, 5) is 0. The summed E-state index contributed by atoms with van der Waals surface area (Å²) in [5.74, 6) is 0.470. The van der Waals surface area contributed by atoms with Crippen LogP contribution in [0, 0.1) is 0 Å². The largest absolute Gasteiger partial charge is 0.508 e. The van der Waals surface area contributed by atoms with E-state index in [4.69, 9.17) is 0 Å². The molecule has 0 fully saturated rings. The maximum absolute atomic E-state index is 10.2. The van der Waals surface area contributed by atoms with Crippen LogP contribution in [0.25, 0.3) is 0 Å². The standard InChI is InChI=1S/C18H30O/c1-4-6-10-14-18(3,15-11-7-5-2)16-12-8-9-13-17(16)19/h8-9,12-13,19H,4-7,10-11,14-15H2,1-3H3. The number of para-hydroxylation sites is 1. The third-order valence-electron chi connectivity index (χ3n) is 4.22. The first kappa shape index (κ1) is 16.1. The molecule has 19 heavy (non-hydrogen) atoms. The number of aromatic hydroxyl groups is 1. The molecule has 0 amide bonds. The van der Waals surface area contributed by atoms with E-state index in [-0.39, 0.29) is 5.41 Å². The second kappa shape index (κ2) is 8.24. The molecule has 0 aromatic heterocycles. The van der Waals surface area contributed by atoms with Gasteiger partial charge in [-0.3, -0.25) is 0 Å². The van der Waals surface area contributed by atoms with Crippen LogP contribution in [0.2, 0.25) is 0 Å². The Balaban J connectivity index is 2.81. The molecule has 0 aliphatic rings. The average Bonchev–Trinajstić information content (AvgIpc) is 2.40. The highest BCUT2D eigenvalue weighted by molar-refractivity contribution is 5.38. The molecule has 1 nitrogen and oxygen atoms in total. The van der Waals surface area contributed by atoms with E-state index in [0.29, 0.717) is 5.75 Å². The molecule has 0 saturated heterocycles. The summed E-state index contributed by atoms with van der Waals surface area (Å²) in [6, 6.07) is 7.89. The summed E-state index contributed by atoms with van der Waals surface area (Å²) in [6.07, 6.45) is 9.97. The molecular weight excluding hydrogens is 232 g/mol. The molecule has 108 valence electrons. The van der Waals surface area contributed by atoms with Crippen molar-refractivity contribution in [2.24, 2.45) is 0 Å². The number of hydrogen-bond acceptors (Lipinski definition) is 1. The molecule has 0 saturated carbocycles. The molecule has 1 aromatic carbocycles. The number of benzene rings is 1. The zero-order valence-corrected chi connectivity index (χ0v) is 12.9. The first-order chi connectivity index (χ1) is 9.14. The van der Waals surface area contributed by atoms with Gasteiger partial charge < -0.3 is 5.11 Å². The minimum absolute atomic E-state index is 0.135. The topological polar surface area (TPSA) is 20.2 Å². The average molecular weight is 262 g/mol. The normalized spacial score (nSPS) is 11.7. The van der Waals surface area contributed by atoms with Gasteiger partial charge in [0.25, 0.3) is 0 Å². The van der Waals surface area contributed by atoms with Gasteiger partial charge in [0.05, 0.1) is 0 Å². The first-order valence-corrected chi connectivity index (χ1v) is 7.92. The minimum atomic E-state index is 0.135. The lowest BCUT2D eigenvalue weighted by atomic mass is 9.74. The van der Waals surface area contributed by atoms with Crippen molar-refractivity contribution in [3.63, 3.8) is 0 Å². The number of rotatable bonds is 9. The van der Waals surface area contributed by atoms with Crippen molar-refractivity contribution in [1.82, 2.24) is 0 Å². The Labute approximate surface area is 119 Å². The van der Waals surface area contributed by atoms with Crippen LogP contribution in [0.3, 0.4) is 0 Å². The zero-order chi connectivity index (χ0) is 14.1. The molecule has 1 heteroatoms. The molecule has 0 spiro atoms. The predicted octanol–water partition coefficient (Wildman–Crippen LogP) is 5.81. The van der Waals surface area contributed by atoms with Crippen LogP contribution < -0.4 is 0 Å². The third kappa shape index (κ3) is 4.89. The monoisotopic (exact) mass is 262 g/mol. The van der Waals surface area contributed by atoms with Gasteiger partial charge in [-0.15, -0.1) is 0 Å². The van der Waals surface area contributed by atoms with Gasteiger partial charge in [-0.05, 0) is 29.9 Å². The molecule has 1 rings (SSSR count). The van der Waals surface area contributed by atoms with Crippen LogP contribution in [0.4, 0.5) is 0 Å². The van der Waals surface area contributed by atoms with Gasteiger partial charge in [-0.25, -0.2) is 0 Å². The van der Waals surface area contributed by atoms with Crippen molar-refractivity contribution in [1.29, 1.82) is 0 Å². The summed E-state index contributed by atoms with van der Waals surface area (Å²) in [6.45, 7) is 6.82. The van der Waals surface area contributed by atoms with Crippen molar-refractivity contribution in [2.45, 2.75) is 77.6 Å². The molecule has 1 N–H and O–H groups in total. The smallest absolute Gasteiger partial charge is 0.119 e. The van der Waals surface area contributed by atoms with Crippen LogP contribution in [0.15, 0.2) is 24.3 Å². The van der Waals surface area contributed by atoms with E-state index in [1.54, 1.807) is 0 Å². The van der Waals surface area contributed by atoms with E-state index in [2.05, 4.69) is 26.8 Å². The fourth-order valence-corrected chi connectivity index (χ4v) is 2.91. The van der Waals surface area contributed by atoms with Gasteiger partial charge in [-0.1, -0.05) is 77.5 Å². The molecular formula is C18H30O. The molecule has 0 unspecified atom stereocenters. The van der Waals surface area contributed by atoms with Crippen molar-refractivity contribution >= 4 is 0 Å². The van der Waals surface area contributed by atoms with Crippen LogP contribution in [-0.2, 0) is 5.41 Å². The molecule has 0 aliphatic carbocycles. The van der Waals surface area contributed by atoms with Crippen molar-refractivity contribution in [3.8, 4) is 5.75 Å². The quantitative estimate of drug-likeness (QED) is 0.557. The summed E-state index contributed by atoms with van der Waals surface area (Å²) >= 11 is 0. The van der Waals surface area contributed by atoms with E-state index in [0.717, 1.165) is 5.56 Å². The van der Waals surface area contributed by atoms with E-state index in [9.17, 15) is 5.11 Å². The fraction of sp³-hybridized carbons (Fsp3) is 0.667. The highest BCUT2D eigenvalue weighted by Crippen LogP contribution is 2.39. The lowest BCUT2D eigenvalue weighted by Gasteiger charge is -2.31. The van der Waals surface area contributed by atoms with Crippen molar-refractivity contribution in [2.75, 3.05) is 0 Å². The van der Waals surface area contributed by atoms with Crippen LogP contribution in [-0.4, -0.2) is 5.11 Å². The molecule has 0 bridgehead atoms. The summed E-state index contributed by atoms with van der Waals surface area (Å²) < 4.78 is 0. The molecule has 0 atom stereocenters. The van der Waals surface area contributed by atoms with Crippen molar-refractivity contribution < 1.29 is 5.11 Å². The van der Waals surface area contributed by atoms with Crippen molar-refractivity contribution in [3.05, 3.63) is 29.8 Å². The molecule has 0 radical (unpaired) electrons. The van der Waals surface area contributed by atoms with Crippen LogP contribution >= 0.6 is 0 Å². The van der Waals surface area contributed by atoms with Gasteiger partial charge >= 0.3 is 0 Å². The van der Waals surface area contributed by atoms with E-state index >= 15 is 0 Å². The first-order valence-electron chi connectivity index (χ1n) is 7.92. The lowest BCUT2D eigenvalue weighted by Crippen LogP contribution is -2.22. The number of phenolic OH excluding ortho intramolecular Hbond substituents is 1. The Bertz CT molecular complexity index is 346. The second-order valence-corrected chi connectivity index (χ2v) is 5.99. The Morgan fingerprint density at radius 2 is 1.42 bits per heavy atom. The Morgan fingerprint density at radius 3 is 1.89 bits per heavy atom. The number of hydrogen-bond donors (Lipinski definition) is 1. The highest BCUT2D eigenvalue weighted by Gasteiger charge is 2.27. The second-order valence-electron chi connectivity index (χ2n) is 5.99. The van der Waals surface area contributed by atoms with Gasteiger partial charge in [0, 0.05) is 0 Å². The van der Waals surface area contributed by atoms with Gasteiger partial charge in [0.1, 0.15) is 5.75 Å². The van der Waals surface area contributed by atoms with E-state index in [1.165, 1.54) is 51.4 Å².